The molecule has 3 atom stereocenters. The van der Waals surface area contributed by atoms with Crippen molar-refractivity contribution in [2.24, 2.45) is 10.8 Å². The van der Waals surface area contributed by atoms with Gasteiger partial charge in [-0.15, -0.1) is 6.58 Å². The Balaban J connectivity index is 1.84. The molecule has 0 radical (unpaired) electrons. The van der Waals surface area contributed by atoms with Gasteiger partial charge in [0, 0.05) is 33.3 Å². The number of likely N-dealkylation sites (tertiary alicyclic amines) is 1. The largest absolute Gasteiger partial charge is 0.449 e. The van der Waals surface area contributed by atoms with Crippen LogP contribution in [0, 0.1) is 10.8 Å². The molecule has 0 saturated carbocycles. The third-order valence-corrected chi connectivity index (χ3v) is 8.68. The van der Waals surface area contributed by atoms with Crippen molar-refractivity contribution < 1.29 is 23.9 Å². The van der Waals surface area contributed by atoms with E-state index >= 15 is 0 Å². The number of carbonyl (C=O) groups is 3. The van der Waals surface area contributed by atoms with E-state index < -0.39 is 29.2 Å². The van der Waals surface area contributed by atoms with Crippen molar-refractivity contribution in [2.45, 2.75) is 71.6 Å². The van der Waals surface area contributed by atoms with Crippen LogP contribution in [0.2, 0.25) is 0 Å². The van der Waals surface area contributed by atoms with Crippen LogP contribution < -0.4 is 10.2 Å². The Morgan fingerprint density at radius 2 is 1.78 bits per heavy atom. The number of carbonyl (C=O) groups excluding carboxylic acids is 3. The van der Waals surface area contributed by atoms with Crippen molar-refractivity contribution in [3.05, 3.63) is 72.8 Å². The molecule has 3 rings (SSSR count). The van der Waals surface area contributed by atoms with Gasteiger partial charge < -0.3 is 29.4 Å². The van der Waals surface area contributed by atoms with Crippen LogP contribution >= 0.6 is 0 Å². The highest BCUT2D eigenvalue weighted by molar-refractivity contribution is 5.89. The lowest BCUT2D eigenvalue weighted by molar-refractivity contribution is -0.139. The smallest absolute Gasteiger partial charge is 0.407 e. The number of hydrogen-bond donors (Lipinski definition) is 1. The van der Waals surface area contributed by atoms with Gasteiger partial charge in [0.1, 0.15) is 17.9 Å². The molecule has 45 heavy (non-hydrogen) atoms. The summed E-state index contributed by atoms with van der Waals surface area (Å²) in [7, 11) is 5.61. The average molecular weight is 618 g/mol. The molecule has 2 amide bonds. The van der Waals surface area contributed by atoms with E-state index in [1.807, 2.05) is 90.0 Å². The van der Waals surface area contributed by atoms with Crippen molar-refractivity contribution in [1.82, 2.24) is 10.2 Å². The molecule has 2 aromatic rings. The maximum absolute atomic E-state index is 14.1. The minimum Gasteiger partial charge on any atom is -0.449 e. The number of methoxy groups -OCH3 is 1. The van der Waals surface area contributed by atoms with Crippen LogP contribution in [-0.2, 0) is 24.7 Å². The number of ether oxygens (including phenoxy) is 2. The van der Waals surface area contributed by atoms with Crippen LogP contribution in [0.3, 0.4) is 0 Å². The van der Waals surface area contributed by atoms with Crippen LogP contribution in [-0.4, -0.2) is 69.6 Å². The van der Waals surface area contributed by atoms with E-state index in [1.165, 1.54) is 4.90 Å². The lowest BCUT2D eigenvalue weighted by atomic mass is 9.85. The number of anilines is 1. The van der Waals surface area contributed by atoms with E-state index in [-0.39, 0.29) is 24.5 Å². The standard InChI is InChI=1S/C37H51N3O5/c1-11-13-20-36(6,7)25-45-34(43)38-32(35(3,4)5)33(42)40-24-37(44-10,22-30(40)23-41)28-16-14-27(15-17-28)31-19-18-29(39(8)9)21-26(31)12-2/h11-12,14-19,21,23,30,32H,1-2,13,20,22,24-25H2,3-10H3,(H,38,43)/t30-,32+,37-/m0/s1. The normalized spacial score (nSPS) is 19.0. The molecule has 1 aliphatic rings. The second kappa shape index (κ2) is 14.5. The summed E-state index contributed by atoms with van der Waals surface area (Å²) in [6.45, 7) is 17.8. The first-order valence-electron chi connectivity index (χ1n) is 15.5. The van der Waals surface area contributed by atoms with Gasteiger partial charge in [-0.1, -0.05) is 83.7 Å². The summed E-state index contributed by atoms with van der Waals surface area (Å²) < 4.78 is 11.6. The van der Waals surface area contributed by atoms with Crippen LogP contribution in [0.1, 0.15) is 65.0 Å². The van der Waals surface area contributed by atoms with Gasteiger partial charge in [0.15, 0.2) is 0 Å². The molecule has 1 aliphatic heterocycles. The van der Waals surface area contributed by atoms with Gasteiger partial charge in [-0.05, 0) is 58.1 Å². The Labute approximate surface area is 269 Å². The Kier molecular flexibility index (Phi) is 11.4. The highest BCUT2D eigenvalue weighted by atomic mass is 16.5. The van der Waals surface area contributed by atoms with Crippen LogP contribution in [0.4, 0.5) is 10.5 Å². The fourth-order valence-electron chi connectivity index (χ4n) is 5.76. The zero-order chi connectivity index (χ0) is 33.6. The molecular formula is C37H51N3O5. The predicted molar refractivity (Wildman–Crippen MR) is 182 cm³/mol. The Bertz CT molecular complexity index is 1380. The first kappa shape index (κ1) is 35.6. The predicted octanol–water partition coefficient (Wildman–Crippen LogP) is 6.84. The van der Waals surface area contributed by atoms with Gasteiger partial charge in [0.25, 0.3) is 0 Å². The number of nitrogens with zero attached hydrogens (tertiary/aromatic N) is 2. The number of allylic oxidation sites excluding steroid dienone is 1. The summed E-state index contributed by atoms with van der Waals surface area (Å²) >= 11 is 0. The topological polar surface area (TPSA) is 88.2 Å². The number of nitrogens with one attached hydrogen (secondary N) is 1. The van der Waals surface area contributed by atoms with Crippen LogP contribution in [0.25, 0.3) is 17.2 Å². The van der Waals surface area contributed by atoms with Crippen molar-refractivity contribution in [2.75, 3.05) is 39.3 Å². The quantitative estimate of drug-likeness (QED) is 0.196. The van der Waals surface area contributed by atoms with Crippen molar-refractivity contribution in [3.8, 4) is 11.1 Å². The maximum atomic E-state index is 14.1. The number of hydrogen-bond acceptors (Lipinski definition) is 6. The van der Waals surface area contributed by atoms with E-state index in [0.717, 1.165) is 47.1 Å². The van der Waals surface area contributed by atoms with Gasteiger partial charge in [0.05, 0.1) is 19.2 Å². The van der Waals surface area contributed by atoms with Crippen molar-refractivity contribution in [1.29, 1.82) is 0 Å². The van der Waals surface area contributed by atoms with Gasteiger partial charge in [-0.2, -0.15) is 0 Å². The minimum absolute atomic E-state index is 0.165. The lowest BCUT2D eigenvalue weighted by Gasteiger charge is -2.35. The van der Waals surface area contributed by atoms with E-state index in [0.29, 0.717) is 6.42 Å². The molecule has 1 fully saturated rings. The second-order valence-corrected chi connectivity index (χ2v) is 14.0. The molecule has 8 nitrogen and oxygen atoms in total. The molecule has 1 heterocycles. The summed E-state index contributed by atoms with van der Waals surface area (Å²) in [6.07, 6.45) is 5.74. The highest BCUT2D eigenvalue weighted by Crippen LogP contribution is 2.40. The fraction of sp³-hybridized carbons (Fsp3) is 0.486. The molecule has 0 bridgehead atoms. The number of benzene rings is 2. The number of amides is 2. The van der Waals surface area contributed by atoms with Gasteiger partial charge in [-0.25, -0.2) is 4.79 Å². The zero-order valence-electron chi connectivity index (χ0n) is 28.3. The second-order valence-electron chi connectivity index (χ2n) is 14.0. The Morgan fingerprint density at radius 1 is 1.11 bits per heavy atom. The molecule has 0 spiro atoms. The first-order valence-corrected chi connectivity index (χ1v) is 15.5. The molecule has 2 aromatic carbocycles. The number of alkyl carbamates (subject to hydrolysis) is 1. The number of rotatable bonds is 13. The third kappa shape index (κ3) is 8.42. The minimum atomic E-state index is -0.916. The average Bonchev–Trinajstić information content (AvgIpc) is 3.41. The summed E-state index contributed by atoms with van der Waals surface area (Å²) in [5.74, 6) is -0.352. The van der Waals surface area contributed by atoms with Crippen LogP contribution in [0.5, 0.6) is 0 Å². The van der Waals surface area contributed by atoms with Gasteiger partial charge in [0.2, 0.25) is 5.91 Å². The summed E-state index contributed by atoms with van der Waals surface area (Å²) in [5.41, 5.74) is 3.27. The van der Waals surface area contributed by atoms with Crippen molar-refractivity contribution >= 4 is 30.0 Å². The van der Waals surface area contributed by atoms with Crippen LogP contribution in [0.15, 0.2) is 61.7 Å². The molecule has 1 saturated heterocycles. The van der Waals surface area contributed by atoms with Gasteiger partial charge in [-0.3, -0.25) is 4.79 Å². The third-order valence-electron chi connectivity index (χ3n) is 8.68. The molecule has 0 aliphatic carbocycles. The maximum Gasteiger partial charge on any atom is 0.407 e. The molecular weight excluding hydrogens is 566 g/mol. The summed E-state index contributed by atoms with van der Waals surface area (Å²) in [6, 6.07) is 12.7. The van der Waals surface area contributed by atoms with Gasteiger partial charge >= 0.3 is 6.09 Å². The molecule has 244 valence electrons. The summed E-state index contributed by atoms with van der Waals surface area (Å²) in [4.78, 5) is 42.9. The fourth-order valence-corrected chi connectivity index (χ4v) is 5.76. The first-order chi connectivity index (χ1) is 21.1. The van der Waals surface area contributed by atoms with E-state index in [4.69, 9.17) is 9.47 Å². The Hall–Kier alpha value is -3.91. The molecule has 1 N–H and O–H groups in total. The molecule has 8 heteroatoms. The SMILES string of the molecule is C=CCCC(C)(C)COC(=O)N[C@H](C(=O)N1C[C@](OC)(c2ccc(-c3ccc(N(C)C)cc3C=C)cc2)C[C@H]1C=O)C(C)(C)C. The Morgan fingerprint density at radius 3 is 2.31 bits per heavy atom. The monoisotopic (exact) mass is 617 g/mol. The summed E-state index contributed by atoms with van der Waals surface area (Å²) in [5, 5.41) is 2.80. The van der Waals surface area contributed by atoms with E-state index in [1.54, 1.807) is 7.11 Å². The number of aldehydes is 1. The highest BCUT2D eigenvalue weighted by Gasteiger charge is 2.50. The van der Waals surface area contributed by atoms with Crippen molar-refractivity contribution in [3.63, 3.8) is 0 Å². The molecule has 0 aromatic heterocycles. The van der Waals surface area contributed by atoms with E-state index in [9.17, 15) is 14.4 Å². The lowest BCUT2D eigenvalue weighted by Crippen LogP contribution is -2.56. The van der Waals surface area contributed by atoms with E-state index in [2.05, 4.69) is 36.7 Å². The zero-order valence-corrected chi connectivity index (χ0v) is 28.3. The molecule has 0 unspecified atom stereocenters.